The summed E-state index contributed by atoms with van der Waals surface area (Å²) in [6, 6.07) is 11.2. The van der Waals surface area contributed by atoms with Crippen molar-refractivity contribution in [2.75, 3.05) is 24.5 Å². The molecule has 3 heterocycles. The number of nitrogens with one attached hydrogen (secondary N) is 1. The zero-order chi connectivity index (χ0) is 20.8. The summed E-state index contributed by atoms with van der Waals surface area (Å²) in [5, 5.41) is 12.8. The van der Waals surface area contributed by atoms with Crippen LogP contribution < -0.4 is 4.90 Å². The zero-order valence-corrected chi connectivity index (χ0v) is 17.0. The molecule has 1 amide bonds. The molecule has 7 heteroatoms. The quantitative estimate of drug-likeness (QED) is 0.524. The molecule has 0 atom stereocenters. The maximum absolute atomic E-state index is 13.2. The highest BCUT2D eigenvalue weighted by molar-refractivity contribution is 5.96. The van der Waals surface area contributed by atoms with Gasteiger partial charge in [-0.2, -0.15) is 0 Å². The number of H-pyrrole nitrogens is 1. The summed E-state index contributed by atoms with van der Waals surface area (Å²) >= 11 is 0. The van der Waals surface area contributed by atoms with Crippen LogP contribution in [0.2, 0.25) is 0 Å². The number of hydrogen-bond donors (Lipinski definition) is 1. The number of nitrogens with zero attached hydrogens (tertiary/aromatic N) is 3. The first-order valence-electron chi connectivity index (χ1n) is 10.4. The van der Waals surface area contributed by atoms with Crippen molar-refractivity contribution in [3.05, 3.63) is 68.9 Å². The van der Waals surface area contributed by atoms with Gasteiger partial charge in [-0.1, -0.05) is 11.6 Å². The first kappa shape index (κ1) is 18.7. The number of anilines is 1. The molecule has 2 aromatic carbocycles. The second kappa shape index (κ2) is 7.16. The Morgan fingerprint density at radius 1 is 1.10 bits per heavy atom. The van der Waals surface area contributed by atoms with Gasteiger partial charge in [0, 0.05) is 66.4 Å². The van der Waals surface area contributed by atoms with Gasteiger partial charge in [-0.15, -0.1) is 0 Å². The number of aromatic nitrogens is 1. The van der Waals surface area contributed by atoms with Crippen LogP contribution in [0.3, 0.4) is 0 Å². The number of aromatic amines is 1. The van der Waals surface area contributed by atoms with Crippen molar-refractivity contribution in [3.8, 4) is 0 Å². The van der Waals surface area contributed by atoms with Crippen LogP contribution in [0.25, 0.3) is 10.9 Å². The fourth-order valence-electron chi connectivity index (χ4n) is 4.71. The maximum Gasteiger partial charge on any atom is 0.293 e. The number of fused-ring (bicyclic) bond motifs is 3. The lowest BCUT2D eigenvalue weighted by atomic mass is 10.0. The van der Waals surface area contributed by atoms with Gasteiger partial charge in [0.1, 0.15) is 5.69 Å². The molecule has 5 rings (SSSR count). The molecular weight excluding hydrogens is 380 g/mol. The Kier molecular flexibility index (Phi) is 4.46. The highest BCUT2D eigenvalue weighted by atomic mass is 16.6. The van der Waals surface area contributed by atoms with Crippen molar-refractivity contribution < 1.29 is 9.72 Å². The molecule has 0 unspecified atom stereocenters. The van der Waals surface area contributed by atoms with Crippen molar-refractivity contribution in [3.63, 3.8) is 0 Å². The summed E-state index contributed by atoms with van der Waals surface area (Å²) in [7, 11) is 0. The Morgan fingerprint density at radius 3 is 2.67 bits per heavy atom. The predicted octanol–water partition coefficient (Wildman–Crippen LogP) is 4.18. The Hall–Kier alpha value is -3.35. The topological polar surface area (TPSA) is 82.5 Å². The van der Waals surface area contributed by atoms with E-state index in [9.17, 15) is 14.9 Å². The summed E-state index contributed by atoms with van der Waals surface area (Å²) in [5.74, 6) is -0.154. The molecule has 2 aliphatic rings. The summed E-state index contributed by atoms with van der Waals surface area (Å²) in [4.78, 5) is 31.8. The summed E-state index contributed by atoms with van der Waals surface area (Å²) < 4.78 is 0. The highest BCUT2D eigenvalue weighted by Crippen LogP contribution is 2.33. The Balaban J connectivity index is 1.45. The molecule has 0 aliphatic carbocycles. The number of nitro benzene ring substituents is 1. The third-order valence-corrected chi connectivity index (χ3v) is 6.28. The number of carbonyl (C=O) groups excluding carboxylic acids is 1. The van der Waals surface area contributed by atoms with Gasteiger partial charge in [-0.25, -0.2) is 0 Å². The van der Waals surface area contributed by atoms with Gasteiger partial charge in [0.05, 0.1) is 4.92 Å². The molecule has 0 radical (unpaired) electrons. The van der Waals surface area contributed by atoms with Crippen LogP contribution in [0.1, 0.15) is 40.0 Å². The number of carbonyl (C=O) groups is 1. The maximum atomic E-state index is 13.2. The van der Waals surface area contributed by atoms with E-state index >= 15 is 0 Å². The average molecular weight is 404 g/mol. The van der Waals surface area contributed by atoms with E-state index in [0.29, 0.717) is 24.3 Å². The lowest BCUT2D eigenvalue weighted by Gasteiger charge is -2.27. The molecule has 0 saturated carbocycles. The SMILES string of the molecule is Cc1ccc2[nH]c3c(c2c1)CN(C(=O)c1ccc(N2CCCC2)c([N+](=O)[O-])c1)CC3. The van der Waals surface area contributed by atoms with Crippen LogP contribution in [0.5, 0.6) is 0 Å². The van der Waals surface area contributed by atoms with Crippen molar-refractivity contribution in [1.82, 2.24) is 9.88 Å². The summed E-state index contributed by atoms with van der Waals surface area (Å²) in [6.45, 7) is 4.82. The monoisotopic (exact) mass is 404 g/mol. The highest BCUT2D eigenvalue weighted by Gasteiger charge is 2.28. The van der Waals surface area contributed by atoms with Crippen LogP contribution in [-0.2, 0) is 13.0 Å². The lowest BCUT2D eigenvalue weighted by Crippen LogP contribution is -2.35. The molecular formula is C23H24N4O3. The lowest BCUT2D eigenvalue weighted by molar-refractivity contribution is -0.384. The van der Waals surface area contributed by atoms with Crippen LogP contribution in [0, 0.1) is 17.0 Å². The van der Waals surface area contributed by atoms with Gasteiger partial charge < -0.3 is 14.8 Å². The zero-order valence-electron chi connectivity index (χ0n) is 17.0. The van der Waals surface area contributed by atoms with Crippen molar-refractivity contribution >= 4 is 28.2 Å². The molecule has 0 bridgehead atoms. The minimum absolute atomic E-state index is 0.0168. The number of aryl methyl sites for hydroxylation is 1. The van der Waals surface area contributed by atoms with Crippen LogP contribution in [0.4, 0.5) is 11.4 Å². The molecule has 2 aliphatic heterocycles. The van der Waals surface area contributed by atoms with Crippen LogP contribution in [-0.4, -0.2) is 40.3 Å². The number of amides is 1. The van der Waals surface area contributed by atoms with E-state index in [2.05, 4.69) is 30.1 Å². The van der Waals surface area contributed by atoms with Crippen LogP contribution in [0.15, 0.2) is 36.4 Å². The Bertz CT molecular complexity index is 1160. The van der Waals surface area contributed by atoms with E-state index in [1.54, 1.807) is 17.0 Å². The van der Waals surface area contributed by atoms with Gasteiger partial charge >= 0.3 is 0 Å². The van der Waals surface area contributed by atoms with E-state index < -0.39 is 0 Å². The van der Waals surface area contributed by atoms with Crippen molar-refractivity contribution in [1.29, 1.82) is 0 Å². The molecule has 154 valence electrons. The van der Waals surface area contributed by atoms with Gasteiger partial charge in [0.15, 0.2) is 0 Å². The number of hydrogen-bond acceptors (Lipinski definition) is 4. The average Bonchev–Trinajstić information content (AvgIpc) is 3.40. The van der Waals surface area contributed by atoms with E-state index in [0.717, 1.165) is 48.8 Å². The minimum atomic E-state index is -0.374. The van der Waals surface area contributed by atoms with E-state index in [-0.39, 0.29) is 16.5 Å². The number of nitro groups is 1. The number of rotatable bonds is 3. The van der Waals surface area contributed by atoms with Crippen molar-refractivity contribution in [2.45, 2.75) is 32.7 Å². The molecule has 0 spiro atoms. The predicted molar refractivity (Wildman–Crippen MR) is 116 cm³/mol. The molecule has 1 saturated heterocycles. The third kappa shape index (κ3) is 3.10. The Morgan fingerprint density at radius 2 is 1.90 bits per heavy atom. The minimum Gasteiger partial charge on any atom is -0.366 e. The summed E-state index contributed by atoms with van der Waals surface area (Å²) in [5.41, 5.74) is 5.60. The molecule has 7 nitrogen and oxygen atoms in total. The van der Waals surface area contributed by atoms with E-state index in [1.165, 1.54) is 17.3 Å². The van der Waals surface area contributed by atoms with E-state index in [4.69, 9.17) is 0 Å². The summed E-state index contributed by atoms with van der Waals surface area (Å²) in [6.07, 6.45) is 2.83. The van der Waals surface area contributed by atoms with Gasteiger partial charge in [-0.3, -0.25) is 14.9 Å². The fourth-order valence-corrected chi connectivity index (χ4v) is 4.71. The largest absolute Gasteiger partial charge is 0.366 e. The molecule has 1 fully saturated rings. The number of benzene rings is 2. The van der Waals surface area contributed by atoms with E-state index in [1.807, 2.05) is 4.90 Å². The second-order valence-electron chi connectivity index (χ2n) is 8.26. The first-order valence-corrected chi connectivity index (χ1v) is 10.4. The van der Waals surface area contributed by atoms with Gasteiger partial charge in [0.25, 0.3) is 11.6 Å². The smallest absolute Gasteiger partial charge is 0.293 e. The first-order chi connectivity index (χ1) is 14.5. The normalized spacial score (nSPS) is 16.2. The second-order valence-corrected chi connectivity index (χ2v) is 8.26. The molecule has 1 N–H and O–H groups in total. The Labute approximate surface area is 174 Å². The standard InChI is InChI=1S/C23H24N4O3/c1-15-4-6-19-17(12-15)18-14-26(11-8-20(18)24-19)23(28)16-5-7-21(22(13-16)27(29)30)25-9-2-3-10-25/h4-7,12-13,24H,2-3,8-11,14H2,1H3. The third-order valence-electron chi connectivity index (χ3n) is 6.28. The molecule has 1 aromatic heterocycles. The van der Waals surface area contributed by atoms with Gasteiger partial charge in [-0.05, 0) is 44.0 Å². The molecule has 3 aromatic rings. The van der Waals surface area contributed by atoms with Gasteiger partial charge in [0.2, 0.25) is 0 Å². The van der Waals surface area contributed by atoms with Crippen LogP contribution >= 0.6 is 0 Å². The molecule has 30 heavy (non-hydrogen) atoms. The fraction of sp³-hybridized carbons (Fsp3) is 0.348. The van der Waals surface area contributed by atoms with Crippen molar-refractivity contribution in [2.24, 2.45) is 0 Å².